The molecule has 4 rings (SSSR count). The van der Waals surface area contributed by atoms with Gasteiger partial charge in [0.15, 0.2) is 0 Å². The highest BCUT2D eigenvalue weighted by Gasteiger charge is 2.19. The predicted molar refractivity (Wildman–Crippen MR) is 94.8 cm³/mol. The summed E-state index contributed by atoms with van der Waals surface area (Å²) < 4.78 is 5.58. The normalized spacial score (nSPS) is 17.6. The van der Waals surface area contributed by atoms with E-state index in [1.54, 1.807) is 0 Å². The Balaban J connectivity index is 1.29. The molecule has 126 valence electrons. The van der Waals surface area contributed by atoms with Gasteiger partial charge < -0.3 is 9.64 Å². The van der Waals surface area contributed by atoms with Crippen molar-refractivity contribution >= 4 is 5.95 Å². The molecule has 3 heterocycles. The number of fused-ring (bicyclic) bond motifs is 1. The van der Waals surface area contributed by atoms with Gasteiger partial charge in [-0.2, -0.15) is 0 Å². The van der Waals surface area contributed by atoms with Crippen molar-refractivity contribution in [1.29, 1.82) is 0 Å². The average Bonchev–Trinajstić information content (AvgIpc) is 3.08. The Morgan fingerprint density at radius 1 is 1.12 bits per heavy atom. The molecule has 1 aromatic heterocycles. The first-order valence-corrected chi connectivity index (χ1v) is 8.79. The molecule has 5 heteroatoms. The van der Waals surface area contributed by atoms with Crippen molar-refractivity contribution in [2.24, 2.45) is 0 Å². The van der Waals surface area contributed by atoms with Gasteiger partial charge in [0.25, 0.3) is 0 Å². The van der Waals surface area contributed by atoms with Gasteiger partial charge in [-0.3, -0.25) is 4.90 Å². The molecule has 0 radical (unpaired) electrons. The number of aromatic nitrogens is 2. The van der Waals surface area contributed by atoms with E-state index >= 15 is 0 Å². The van der Waals surface area contributed by atoms with Crippen molar-refractivity contribution in [2.75, 3.05) is 44.2 Å². The number of hydrogen-bond donors (Lipinski definition) is 0. The lowest BCUT2D eigenvalue weighted by atomic mass is 10.1. The van der Waals surface area contributed by atoms with Gasteiger partial charge in [-0.05, 0) is 36.6 Å². The highest BCUT2D eigenvalue weighted by molar-refractivity contribution is 5.40. The van der Waals surface area contributed by atoms with E-state index in [1.807, 2.05) is 19.2 Å². The van der Waals surface area contributed by atoms with E-state index in [2.05, 4.69) is 38.0 Å². The fourth-order valence-corrected chi connectivity index (χ4v) is 3.44. The SMILES string of the molecule is Cc1ccnc(N2CCN(CCc3ccc4c(c3)CCO4)CC2)n1. The lowest BCUT2D eigenvalue weighted by Crippen LogP contribution is -2.47. The third-order valence-corrected chi connectivity index (χ3v) is 4.91. The number of ether oxygens (including phenoxy) is 1. The van der Waals surface area contributed by atoms with Crippen LogP contribution in [0.3, 0.4) is 0 Å². The first-order valence-electron chi connectivity index (χ1n) is 8.79. The van der Waals surface area contributed by atoms with Crippen LogP contribution in [0.2, 0.25) is 0 Å². The van der Waals surface area contributed by atoms with Crippen LogP contribution in [0.25, 0.3) is 0 Å². The van der Waals surface area contributed by atoms with Crippen LogP contribution in [0.15, 0.2) is 30.5 Å². The molecule has 0 N–H and O–H groups in total. The van der Waals surface area contributed by atoms with Crippen molar-refractivity contribution in [3.8, 4) is 5.75 Å². The molecule has 0 spiro atoms. The summed E-state index contributed by atoms with van der Waals surface area (Å²) in [6, 6.07) is 8.60. The Morgan fingerprint density at radius 3 is 2.83 bits per heavy atom. The molecule has 0 saturated carbocycles. The predicted octanol–water partition coefficient (Wildman–Crippen LogP) is 2.08. The summed E-state index contributed by atoms with van der Waals surface area (Å²) in [5.41, 5.74) is 3.82. The van der Waals surface area contributed by atoms with E-state index in [1.165, 1.54) is 11.1 Å². The molecule has 2 aliphatic heterocycles. The molecule has 0 atom stereocenters. The maximum atomic E-state index is 5.58. The van der Waals surface area contributed by atoms with E-state index in [0.29, 0.717) is 0 Å². The molecule has 1 saturated heterocycles. The lowest BCUT2D eigenvalue weighted by Gasteiger charge is -2.34. The zero-order valence-electron chi connectivity index (χ0n) is 14.2. The molecule has 0 amide bonds. The number of piperazine rings is 1. The van der Waals surface area contributed by atoms with E-state index in [9.17, 15) is 0 Å². The minimum absolute atomic E-state index is 0.835. The molecule has 0 aliphatic carbocycles. The maximum Gasteiger partial charge on any atom is 0.225 e. The van der Waals surface area contributed by atoms with Gasteiger partial charge in [0.05, 0.1) is 6.61 Å². The highest BCUT2D eigenvalue weighted by Crippen LogP contribution is 2.26. The van der Waals surface area contributed by atoms with Crippen LogP contribution in [0.4, 0.5) is 5.95 Å². The van der Waals surface area contributed by atoms with Crippen molar-refractivity contribution < 1.29 is 4.74 Å². The van der Waals surface area contributed by atoms with Crippen LogP contribution in [-0.4, -0.2) is 54.2 Å². The average molecular weight is 324 g/mol. The zero-order valence-corrected chi connectivity index (χ0v) is 14.2. The second-order valence-electron chi connectivity index (χ2n) is 6.62. The Morgan fingerprint density at radius 2 is 2.00 bits per heavy atom. The molecule has 0 bridgehead atoms. The van der Waals surface area contributed by atoms with E-state index in [4.69, 9.17) is 4.74 Å². The van der Waals surface area contributed by atoms with Crippen LogP contribution in [0.1, 0.15) is 16.8 Å². The van der Waals surface area contributed by atoms with Gasteiger partial charge in [-0.1, -0.05) is 12.1 Å². The number of nitrogens with zero attached hydrogens (tertiary/aromatic N) is 4. The smallest absolute Gasteiger partial charge is 0.225 e. The third kappa shape index (κ3) is 3.36. The Kier molecular flexibility index (Phi) is 4.34. The Bertz CT molecular complexity index is 710. The Hall–Kier alpha value is -2.14. The molecule has 1 aromatic carbocycles. The van der Waals surface area contributed by atoms with Crippen LogP contribution in [0.5, 0.6) is 5.75 Å². The van der Waals surface area contributed by atoms with E-state index in [0.717, 1.165) is 69.6 Å². The molecule has 0 unspecified atom stereocenters. The molecule has 1 fully saturated rings. The fourth-order valence-electron chi connectivity index (χ4n) is 3.44. The summed E-state index contributed by atoms with van der Waals surface area (Å²) >= 11 is 0. The summed E-state index contributed by atoms with van der Waals surface area (Å²) in [7, 11) is 0. The summed E-state index contributed by atoms with van der Waals surface area (Å²) in [5.74, 6) is 1.94. The Labute approximate surface area is 143 Å². The van der Waals surface area contributed by atoms with Crippen LogP contribution in [-0.2, 0) is 12.8 Å². The summed E-state index contributed by atoms with van der Waals surface area (Å²) in [6.07, 6.45) is 4.01. The number of aryl methyl sites for hydroxylation is 1. The van der Waals surface area contributed by atoms with Crippen molar-refractivity contribution in [3.05, 3.63) is 47.3 Å². The second kappa shape index (κ2) is 6.77. The third-order valence-electron chi connectivity index (χ3n) is 4.91. The minimum atomic E-state index is 0.835. The van der Waals surface area contributed by atoms with Crippen molar-refractivity contribution in [3.63, 3.8) is 0 Å². The summed E-state index contributed by atoms with van der Waals surface area (Å²) in [5, 5.41) is 0. The van der Waals surface area contributed by atoms with Gasteiger partial charge >= 0.3 is 0 Å². The summed E-state index contributed by atoms with van der Waals surface area (Å²) in [4.78, 5) is 13.8. The standard InChI is InChI=1S/C19H24N4O/c1-15-4-7-20-19(21-15)23-11-9-22(10-12-23)8-5-16-2-3-18-17(14-16)6-13-24-18/h2-4,7,14H,5-6,8-13H2,1H3. The van der Waals surface area contributed by atoms with E-state index < -0.39 is 0 Å². The van der Waals surface area contributed by atoms with Crippen molar-refractivity contribution in [1.82, 2.24) is 14.9 Å². The van der Waals surface area contributed by atoms with Gasteiger partial charge in [0.1, 0.15) is 5.75 Å². The van der Waals surface area contributed by atoms with Crippen LogP contribution >= 0.6 is 0 Å². The van der Waals surface area contributed by atoms with Crippen LogP contribution < -0.4 is 9.64 Å². The zero-order chi connectivity index (χ0) is 16.4. The molecule has 24 heavy (non-hydrogen) atoms. The number of anilines is 1. The van der Waals surface area contributed by atoms with Gasteiger partial charge in [0, 0.05) is 51.0 Å². The summed E-state index contributed by atoms with van der Waals surface area (Å²) in [6.45, 7) is 8.12. The molecule has 2 aromatic rings. The first kappa shape index (κ1) is 15.4. The topological polar surface area (TPSA) is 41.5 Å². The molecule has 5 nitrogen and oxygen atoms in total. The minimum Gasteiger partial charge on any atom is -0.493 e. The number of benzene rings is 1. The monoisotopic (exact) mass is 324 g/mol. The number of rotatable bonds is 4. The van der Waals surface area contributed by atoms with E-state index in [-0.39, 0.29) is 0 Å². The highest BCUT2D eigenvalue weighted by atomic mass is 16.5. The fraction of sp³-hybridized carbons (Fsp3) is 0.474. The number of hydrogen-bond acceptors (Lipinski definition) is 5. The van der Waals surface area contributed by atoms with Gasteiger partial charge in [-0.15, -0.1) is 0 Å². The lowest BCUT2D eigenvalue weighted by molar-refractivity contribution is 0.259. The van der Waals surface area contributed by atoms with Gasteiger partial charge in [-0.25, -0.2) is 9.97 Å². The maximum absolute atomic E-state index is 5.58. The van der Waals surface area contributed by atoms with Crippen molar-refractivity contribution in [2.45, 2.75) is 19.8 Å². The molecule has 2 aliphatic rings. The first-order chi connectivity index (χ1) is 11.8. The largest absolute Gasteiger partial charge is 0.493 e. The van der Waals surface area contributed by atoms with Crippen LogP contribution in [0, 0.1) is 6.92 Å². The second-order valence-corrected chi connectivity index (χ2v) is 6.62. The molecular formula is C19H24N4O. The molecular weight excluding hydrogens is 300 g/mol. The van der Waals surface area contributed by atoms with Gasteiger partial charge in [0.2, 0.25) is 5.95 Å². The quantitative estimate of drug-likeness (QED) is 0.861.